The number of rotatable bonds is 7. The highest BCUT2D eigenvalue weighted by atomic mass is 32.2. The van der Waals surface area contributed by atoms with Crippen molar-refractivity contribution in [2.75, 3.05) is 17.2 Å². The van der Waals surface area contributed by atoms with Crippen LogP contribution in [0, 0.1) is 18.3 Å². The van der Waals surface area contributed by atoms with E-state index in [0.717, 1.165) is 20.9 Å². The number of hydrogen-bond donors (Lipinski definition) is 2. The summed E-state index contributed by atoms with van der Waals surface area (Å²) in [7, 11) is 0. The van der Waals surface area contributed by atoms with E-state index in [4.69, 9.17) is 0 Å². The number of thioether (sulfide) groups is 1. The van der Waals surface area contributed by atoms with E-state index in [2.05, 4.69) is 16.7 Å². The van der Waals surface area contributed by atoms with Crippen molar-refractivity contribution < 1.29 is 14.4 Å². The van der Waals surface area contributed by atoms with Crippen LogP contribution >= 0.6 is 23.1 Å². The van der Waals surface area contributed by atoms with Crippen molar-refractivity contribution in [1.82, 2.24) is 4.90 Å². The van der Waals surface area contributed by atoms with Crippen LogP contribution in [0.2, 0.25) is 0 Å². The number of anilines is 2. The van der Waals surface area contributed by atoms with Gasteiger partial charge in [0.25, 0.3) is 5.91 Å². The molecular formula is C28H28N4O3S2. The fraction of sp³-hybridized carbons (Fsp3) is 0.286. The molecule has 0 fully saturated rings. The zero-order valence-electron chi connectivity index (χ0n) is 21.0. The summed E-state index contributed by atoms with van der Waals surface area (Å²) >= 11 is 2.79. The number of nitriles is 1. The third-order valence-corrected chi connectivity index (χ3v) is 8.65. The minimum atomic E-state index is -0.387. The lowest BCUT2D eigenvalue weighted by atomic mass is 10.0. The summed E-state index contributed by atoms with van der Waals surface area (Å²) in [6, 6.07) is 17.1. The second-order valence-corrected chi connectivity index (χ2v) is 11.2. The molecule has 0 aliphatic carbocycles. The third kappa shape index (κ3) is 6.21. The first-order valence-corrected chi connectivity index (χ1v) is 13.7. The molecule has 2 heterocycles. The Bertz CT molecular complexity index is 1390. The number of nitrogens with zero attached hydrogens (tertiary/aromatic N) is 2. The second-order valence-electron chi connectivity index (χ2n) is 8.87. The van der Waals surface area contributed by atoms with Gasteiger partial charge in [-0.2, -0.15) is 5.26 Å². The van der Waals surface area contributed by atoms with E-state index in [1.807, 2.05) is 56.3 Å². The Hall–Kier alpha value is -3.61. The summed E-state index contributed by atoms with van der Waals surface area (Å²) in [4.78, 5) is 41.2. The predicted octanol–water partition coefficient (Wildman–Crippen LogP) is 5.59. The van der Waals surface area contributed by atoms with Gasteiger partial charge in [0.05, 0.1) is 17.4 Å². The quantitative estimate of drug-likeness (QED) is 0.386. The Morgan fingerprint density at radius 2 is 1.95 bits per heavy atom. The van der Waals surface area contributed by atoms with Gasteiger partial charge in [0, 0.05) is 34.5 Å². The number of nitrogens with one attached hydrogen (secondary N) is 2. The summed E-state index contributed by atoms with van der Waals surface area (Å²) in [6.45, 7) is 6.46. The first kappa shape index (κ1) is 26.5. The number of carbonyl (C=O) groups is 3. The molecule has 1 aromatic heterocycles. The average molecular weight is 533 g/mol. The molecule has 9 heteroatoms. The maximum Gasteiger partial charge on any atom is 0.255 e. The van der Waals surface area contributed by atoms with Gasteiger partial charge in [0.2, 0.25) is 11.8 Å². The van der Waals surface area contributed by atoms with Crippen molar-refractivity contribution in [3.63, 3.8) is 0 Å². The average Bonchev–Trinajstić information content (AvgIpc) is 3.23. The van der Waals surface area contributed by atoms with Crippen molar-refractivity contribution in [2.45, 2.75) is 50.3 Å². The van der Waals surface area contributed by atoms with Gasteiger partial charge in [-0.1, -0.05) is 30.7 Å². The highest BCUT2D eigenvalue weighted by molar-refractivity contribution is 8.00. The number of aryl methyl sites for hydroxylation is 1. The molecule has 1 aliphatic rings. The van der Waals surface area contributed by atoms with Crippen molar-refractivity contribution >= 4 is 51.5 Å². The van der Waals surface area contributed by atoms with Crippen LogP contribution in [0.15, 0.2) is 53.4 Å². The van der Waals surface area contributed by atoms with E-state index in [9.17, 15) is 19.6 Å². The maximum absolute atomic E-state index is 13.2. The summed E-state index contributed by atoms with van der Waals surface area (Å²) in [6.07, 6.45) is 1.19. The van der Waals surface area contributed by atoms with Crippen LogP contribution in [0.25, 0.3) is 0 Å². The Balaban J connectivity index is 1.45. The van der Waals surface area contributed by atoms with E-state index in [-0.39, 0.29) is 23.0 Å². The third-order valence-electron chi connectivity index (χ3n) is 6.16. The lowest BCUT2D eigenvalue weighted by molar-refractivity contribution is -0.129. The summed E-state index contributed by atoms with van der Waals surface area (Å²) < 4.78 is 0. The molecule has 0 saturated heterocycles. The van der Waals surface area contributed by atoms with Gasteiger partial charge in [-0.05, 0) is 55.7 Å². The fourth-order valence-electron chi connectivity index (χ4n) is 4.19. The van der Waals surface area contributed by atoms with Crippen LogP contribution in [0.5, 0.6) is 0 Å². The highest BCUT2D eigenvalue weighted by Crippen LogP contribution is 2.37. The van der Waals surface area contributed by atoms with E-state index in [1.165, 1.54) is 23.1 Å². The topological polar surface area (TPSA) is 102 Å². The second kappa shape index (κ2) is 11.6. The molecule has 4 rings (SSSR count). The molecule has 0 radical (unpaired) electrons. The van der Waals surface area contributed by atoms with E-state index < -0.39 is 0 Å². The summed E-state index contributed by atoms with van der Waals surface area (Å²) in [5.41, 5.74) is 3.67. The SMILES string of the molecule is CCC(Sc1cccc(NC(=O)c2cccc(C)c2)c1)C(=O)Nc1sc2c(c1C#N)CCN(C(C)=O)C2. The van der Waals surface area contributed by atoms with E-state index in [1.54, 1.807) is 17.9 Å². The first-order valence-electron chi connectivity index (χ1n) is 12.0. The molecule has 1 unspecified atom stereocenters. The molecule has 190 valence electrons. The predicted molar refractivity (Wildman–Crippen MR) is 148 cm³/mol. The maximum atomic E-state index is 13.2. The number of amides is 3. The minimum Gasteiger partial charge on any atom is -0.337 e. The highest BCUT2D eigenvalue weighted by Gasteiger charge is 2.27. The Kier molecular flexibility index (Phi) is 8.31. The van der Waals surface area contributed by atoms with Crippen LogP contribution in [-0.4, -0.2) is 34.4 Å². The van der Waals surface area contributed by atoms with Crippen molar-refractivity contribution in [3.05, 3.63) is 75.7 Å². The zero-order chi connectivity index (χ0) is 26.5. The van der Waals surface area contributed by atoms with Gasteiger partial charge in [-0.25, -0.2) is 0 Å². The normalized spacial score (nSPS) is 13.3. The van der Waals surface area contributed by atoms with E-state index >= 15 is 0 Å². The molecular weight excluding hydrogens is 504 g/mol. The fourth-order valence-corrected chi connectivity index (χ4v) is 6.42. The number of thiophene rings is 1. The molecule has 37 heavy (non-hydrogen) atoms. The molecule has 2 N–H and O–H groups in total. The minimum absolute atomic E-state index is 0.00268. The van der Waals surface area contributed by atoms with E-state index in [0.29, 0.717) is 47.7 Å². The summed E-state index contributed by atoms with van der Waals surface area (Å²) in [5.74, 6) is -0.368. The molecule has 0 spiro atoms. The first-order chi connectivity index (χ1) is 17.8. The molecule has 7 nitrogen and oxygen atoms in total. The molecule has 1 aliphatic heterocycles. The van der Waals surface area contributed by atoms with Gasteiger partial charge in [-0.3, -0.25) is 14.4 Å². The Morgan fingerprint density at radius 1 is 1.16 bits per heavy atom. The van der Waals surface area contributed by atoms with Crippen LogP contribution in [-0.2, 0) is 22.6 Å². The lowest BCUT2D eigenvalue weighted by Gasteiger charge is -2.25. The number of hydrogen-bond acceptors (Lipinski definition) is 6. The largest absolute Gasteiger partial charge is 0.337 e. The summed E-state index contributed by atoms with van der Waals surface area (Å²) in [5, 5.41) is 15.8. The molecule has 0 saturated carbocycles. The number of carbonyl (C=O) groups excluding carboxylic acids is 3. The molecule has 3 amide bonds. The van der Waals surface area contributed by atoms with Crippen molar-refractivity contribution in [1.29, 1.82) is 5.26 Å². The lowest BCUT2D eigenvalue weighted by Crippen LogP contribution is -2.33. The molecule has 0 bridgehead atoms. The Labute approximate surface area is 224 Å². The van der Waals surface area contributed by atoms with Gasteiger partial charge in [0.1, 0.15) is 11.1 Å². The van der Waals surface area contributed by atoms with Gasteiger partial charge in [-0.15, -0.1) is 23.1 Å². The number of benzene rings is 2. The smallest absolute Gasteiger partial charge is 0.255 e. The zero-order valence-corrected chi connectivity index (χ0v) is 22.6. The number of fused-ring (bicyclic) bond motifs is 1. The van der Waals surface area contributed by atoms with Crippen LogP contribution < -0.4 is 10.6 Å². The van der Waals surface area contributed by atoms with Crippen LogP contribution in [0.3, 0.4) is 0 Å². The molecule has 1 atom stereocenters. The van der Waals surface area contributed by atoms with Gasteiger partial charge in [0.15, 0.2) is 0 Å². The molecule has 2 aromatic carbocycles. The Morgan fingerprint density at radius 3 is 2.65 bits per heavy atom. The van der Waals surface area contributed by atoms with Crippen LogP contribution in [0.4, 0.5) is 10.7 Å². The van der Waals surface area contributed by atoms with Gasteiger partial charge < -0.3 is 15.5 Å². The van der Waals surface area contributed by atoms with Gasteiger partial charge >= 0.3 is 0 Å². The standard InChI is InChI=1S/C28H28N4O3S2/c1-4-24(27(35)31-28-23(15-29)22-11-12-32(18(3)33)16-25(22)37-28)36-21-10-6-9-20(14-21)30-26(34)19-8-5-7-17(2)13-19/h5-10,13-14,24H,4,11-12,16H2,1-3H3,(H,30,34)(H,31,35). The molecule has 3 aromatic rings. The van der Waals surface area contributed by atoms with Crippen molar-refractivity contribution in [3.8, 4) is 6.07 Å². The monoisotopic (exact) mass is 532 g/mol. The van der Waals surface area contributed by atoms with Crippen LogP contribution in [0.1, 0.15) is 52.2 Å². The van der Waals surface area contributed by atoms with Crippen molar-refractivity contribution in [2.24, 2.45) is 0 Å².